The summed E-state index contributed by atoms with van der Waals surface area (Å²) in [6.45, 7) is 3.36. The summed E-state index contributed by atoms with van der Waals surface area (Å²) in [5, 5.41) is 10.1. The van der Waals surface area contributed by atoms with E-state index in [0.29, 0.717) is 12.2 Å². The van der Waals surface area contributed by atoms with Crippen LogP contribution in [0.3, 0.4) is 0 Å². The third-order valence-corrected chi connectivity index (χ3v) is 4.93. The maximum absolute atomic E-state index is 12.7. The highest BCUT2D eigenvalue weighted by atomic mass is 32.1. The van der Waals surface area contributed by atoms with Crippen LogP contribution < -0.4 is 5.73 Å². The van der Waals surface area contributed by atoms with Crippen molar-refractivity contribution in [1.29, 1.82) is 0 Å². The zero-order chi connectivity index (χ0) is 15.5. The molecule has 0 aromatic carbocycles. The molecule has 2 N–H and O–H groups in total. The second-order valence-corrected chi connectivity index (χ2v) is 6.83. The van der Waals surface area contributed by atoms with E-state index in [-0.39, 0.29) is 18.0 Å². The molecule has 1 aliphatic rings. The van der Waals surface area contributed by atoms with E-state index in [9.17, 15) is 4.79 Å². The number of carbonyl (C=O) groups excluding carboxylic acids is 1. The Bertz CT molecular complexity index is 622. The second kappa shape index (κ2) is 6.58. The van der Waals surface area contributed by atoms with Gasteiger partial charge in [-0.1, -0.05) is 11.3 Å². The molecular formula is C15H21N5OS. The molecule has 0 saturated carbocycles. The number of thiophene rings is 1. The highest BCUT2D eigenvalue weighted by Crippen LogP contribution is 2.21. The van der Waals surface area contributed by atoms with Gasteiger partial charge in [-0.15, -0.1) is 16.4 Å². The van der Waals surface area contributed by atoms with Gasteiger partial charge in [0.2, 0.25) is 0 Å². The van der Waals surface area contributed by atoms with Gasteiger partial charge in [-0.25, -0.2) is 4.68 Å². The van der Waals surface area contributed by atoms with Gasteiger partial charge in [0, 0.05) is 23.5 Å². The lowest BCUT2D eigenvalue weighted by molar-refractivity contribution is 0.0577. The van der Waals surface area contributed by atoms with Gasteiger partial charge in [0.1, 0.15) is 0 Å². The van der Waals surface area contributed by atoms with Crippen LogP contribution in [-0.4, -0.2) is 44.4 Å². The standard InChI is InChI=1S/C15H21N5OS/c1-11(16)14-6-2-3-7-20(14)15(21)13-10-19(18-17-13)9-12-5-4-8-22-12/h4-5,8,10-11,14H,2-3,6-7,9,16H2,1H3/t11-,14-/m0/s1. The topological polar surface area (TPSA) is 77.0 Å². The van der Waals surface area contributed by atoms with Crippen molar-refractivity contribution in [2.24, 2.45) is 5.73 Å². The Morgan fingerprint density at radius 2 is 2.41 bits per heavy atom. The van der Waals surface area contributed by atoms with Gasteiger partial charge in [0.25, 0.3) is 5.91 Å². The van der Waals surface area contributed by atoms with E-state index in [1.54, 1.807) is 22.2 Å². The van der Waals surface area contributed by atoms with Crippen LogP contribution in [0.4, 0.5) is 0 Å². The van der Waals surface area contributed by atoms with Crippen LogP contribution in [0.15, 0.2) is 23.7 Å². The SMILES string of the molecule is C[C@H](N)[C@@H]1CCCCN1C(=O)c1cn(Cc2cccs2)nn1. The summed E-state index contributed by atoms with van der Waals surface area (Å²) >= 11 is 1.67. The van der Waals surface area contributed by atoms with Gasteiger partial charge >= 0.3 is 0 Å². The van der Waals surface area contributed by atoms with E-state index in [1.165, 1.54) is 4.88 Å². The molecule has 3 heterocycles. The van der Waals surface area contributed by atoms with E-state index in [2.05, 4.69) is 10.3 Å². The first-order valence-corrected chi connectivity index (χ1v) is 8.52. The van der Waals surface area contributed by atoms with Crippen molar-refractivity contribution in [3.8, 4) is 0 Å². The van der Waals surface area contributed by atoms with Gasteiger partial charge in [0.05, 0.1) is 12.7 Å². The fourth-order valence-corrected chi connectivity index (χ4v) is 3.64. The number of likely N-dealkylation sites (tertiary alicyclic amines) is 1. The number of nitrogens with zero attached hydrogens (tertiary/aromatic N) is 4. The molecule has 0 unspecified atom stereocenters. The summed E-state index contributed by atoms with van der Waals surface area (Å²) in [7, 11) is 0. The van der Waals surface area contributed by atoms with Crippen molar-refractivity contribution in [2.45, 2.75) is 44.8 Å². The van der Waals surface area contributed by atoms with Crippen LogP contribution in [-0.2, 0) is 6.54 Å². The number of piperidine rings is 1. The molecular weight excluding hydrogens is 298 g/mol. The maximum atomic E-state index is 12.7. The molecule has 1 saturated heterocycles. The summed E-state index contributed by atoms with van der Waals surface area (Å²) in [5.41, 5.74) is 6.44. The Hall–Kier alpha value is -1.73. The molecule has 118 valence electrons. The Balaban J connectivity index is 1.73. The van der Waals surface area contributed by atoms with E-state index < -0.39 is 0 Å². The molecule has 0 radical (unpaired) electrons. The molecule has 0 aliphatic carbocycles. The van der Waals surface area contributed by atoms with E-state index in [1.807, 2.05) is 29.3 Å². The van der Waals surface area contributed by atoms with Crippen molar-refractivity contribution in [1.82, 2.24) is 19.9 Å². The van der Waals surface area contributed by atoms with Crippen molar-refractivity contribution >= 4 is 17.2 Å². The number of nitrogens with two attached hydrogens (primary N) is 1. The summed E-state index contributed by atoms with van der Waals surface area (Å²) < 4.78 is 1.71. The Morgan fingerprint density at radius 3 is 3.14 bits per heavy atom. The largest absolute Gasteiger partial charge is 0.333 e. The monoisotopic (exact) mass is 319 g/mol. The minimum absolute atomic E-state index is 0.0228. The van der Waals surface area contributed by atoms with Gasteiger partial charge in [0.15, 0.2) is 5.69 Å². The highest BCUT2D eigenvalue weighted by Gasteiger charge is 2.31. The molecule has 0 bridgehead atoms. The quantitative estimate of drug-likeness (QED) is 0.931. The summed E-state index contributed by atoms with van der Waals surface area (Å²) in [5.74, 6) is -0.0561. The van der Waals surface area contributed by atoms with Crippen molar-refractivity contribution in [3.05, 3.63) is 34.3 Å². The van der Waals surface area contributed by atoms with Gasteiger partial charge < -0.3 is 10.6 Å². The molecule has 1 aliphatic heterocycles. The second-order valence-electron chi connectivity index (χ2n) is 5.80. The minimum atomic E-state index is -0.0561. The smallest absolute Gasteiger partial charge is 0.276 e. The lowest BCUT2D eigenvalue weighted by Crippen LogP contribution is -2.51. The molecule has 22 heavy (non-hydrogen) atoms. The van der Waals surface area contributed by atoms with E-state index in [0.717, 1.165) is 25.8 Å². The average Bonchev–Trinajstić information content (AvgIpc) is 3.19. The molecule has 6 nitrogen and oxygen atoms in total. The summed E-state index contributed by atoms with van der Waals surface area (Å²) in [6, 6.07) is 4.13. The number of rotatable bonds is 4. The van der Waals surface area contributed by atoms with Gasteiger partial charge in [-0.2, -0.15) is 0 Å². The molecule has 2 aromatic heterocycles. The van der Waals surface area contributed by atoms with Crippen LogP contribution in [0.25, 0.3) is 0 Å². The maximum Gasteiger partial charge on any atom is 0.276 e. The van der Waals surface area contributed by atoms with Crippen LogP contribution >= 0.6 is 11.3 Å². The van der Waals surface area contributed by atoms with Crippen LogP contribution in [0, 0.1) is 0 Å². The first-order valence-electron chi connectivity index (χ1n) is 7.64. The Kier molecular flexibility index (Phi) is 4.54. The lowest BCUT2D eigenvalue weighted by Gasteiger charge is -2.37. The van der Waals surface area contributed by atoms with Crippen molar-refractivity contribution < 1.29 is 4.79 Å². The Morgan fingerprint density at radius 1 is 1.55 bits per heavy atom. The average molecular weight is 319 g/mol. The zero-order valence-electron chi connectivity index (χ0n) is 12.7. The zero-order valence-corrected chi connectivity index (χ0v) is 13.5. The number of aromatic nitrogens is 3. The lowest BCUT2D eigenvalue weighted by atomic mass is 9.96. The molecule has 1 amide bonds. The fraction of sp³-hybridized carbons (Fsp3) is 0.533. The van der Waals surface area contributed by atoms with Crippen molar-refractivity contribution in [3.63, 3.8) is 0 Å². The van der Waals surface area contributed by atoms with Crippen molar-refractivity contribution in [2.75, 3.05) is 6.54 Å². The normalized spacial score (nSPS) is 20.1. The number of amides is 1. The number of carbonyl (C=O) groups is 1. The van der Waals surface area contributed by atoms with Crippen LogP contribution in [0.2, 0.25) is 0 Å². The number of hydrogen-bond acceptors (Lipinski definition) is 5. The van der Waals surface area contributed by atoms with Crippen LogP contribution in [0.1, 0.15) is 41.6 Å². The minimum Gasteiger partial charge on any atom is -0.333 e. The molecule has 0 spiro atoms. The predicted octanol–water partition coefficient (Wildman–Crippen LogP) is 1.73. The first-order chi connectivity index (χ1) is 10.6. The van der Waals surface area contributed by atoms with Gasteiger partial charge in [-0.3, -0.25) is 4.79 Å². The molecule has 1 fully saturated rings. The summed E-state index contributed by atoms with van der Waals surface area (Å²) in [6.07, 6.45) is 4.85. The molecule has 2 aromatic rings. The first kappa shape index (κ1) is 15.2. The molecule has 2 atom stereocenters. The fourth-order valence-electron chi connectivity index (χ4n) is 2.94. The molecule has 7 heteroatoms. The highest BCUT2D eigenvalue weighted by molar-refractivity contribution is 7.09. The molecule has 3 rings (SSSR count). The third kappa shape index (κ3) is 3.20. The van der Waals surface area contributed by atoms with Gasteiger partial charge in [-0.05, 0) is 37.6 Å². The Labute approximate surface area is 133 Å². The predicted molar refractivity (Wildman–Crippen MR) is 85.8 cm³/mol. The van der Waals surface area contributed by atoms with E-state index >= 15 is 0 Å². The van der Waals surface area contributed by atoms with E-state index in [4.69, 9.17) is 5.73 Å². The van der Waals surface area contributed by atoms with Crippen LogP contribution in [0.5, 0.6) is 0 Å². The third-order valence-electron chi connectivity index (χ3n) is 4.07. The summed E-state index contributed by atoms with van der Waals surface area (Å²) in [4.78, 5) is 15.7. The number of hydrogen-bond donors (Lipinski definition) is 1.